The number of nitrogens with zero attached hydrogens (tertiary/aromatic N) is 6. The Bertz CT molecular complexity index is 3000. The zero-order valence-corrected chi connectivity index (χ0v) is 38.8. The van der Waals surface area contributed by atoms with E-state index in [0.717, 1.165) is 95.1 Å². The second-order valence-corrected chi connectivity index (χ2v) is 17.2. The van der Waals surface area contributed by atoms with Crippen LogP contribution < -0.4 is 11.5 Å². The van der Waals surface area contributed by atoms with Crippen LogP contribution in [0.1, 0.15) is 73.4 Å². The third-order valence-corrected chi connectivity index (χ3v) is 13.0. The van der Waals surface area contributed by atoms with E-state index in [1.165, 1.54) is 0 Å². The Morgan fingerprint density at radius 1 is 0.591 bits per heavy atom. The van der Waals surface area contributed by atoms with Gasteiger partial charge >= 0.3 is 0 Å². The van der Waals surface area contributed by atoms with Crippen molar-refractivity contribution in [2.75, 3.05) is 52.6 Å². The number of rotatable bonds is 8. The first-order valence-corrected chi connectivity index (χ1v) is 22.6. The molecule has 0 unspecified atom stereocenters. The fraction of sp³-hybridized carbons (Fsp3) is 0.320. The lowest BCUT2D eigenvalue weighted by Gasteiger charge is -2.26. The molecule has 2 aliphatic rings. The monoisotopic (exact) mass is 908 g/mol. The van der Waals surface area contributed by atoms with Crippen molar-refractivity contribution in [3.63, 3.8) is 0 Å². The predicted molar refractivity (Wildman–Crippen MR) is 258 cm³/mol. The summed E-state index contributed by atoms with van der Waals surface area (Å²) in [6, 6.07) is 19.6. The maximum absolute atomic E-state index is 13.1. The molecule has 16 heteroatoms. The summed E-state index contributed by atoms with van der Waals surface area (Å²) < 4.78 is 25.8. The molecule has 10 rings (SSSR count). The van der Waals surface area contributed by atoms with Crippen LogP contribution in [0, 0.1) is 27.7 Å². The lowest BCUT2D eigenvalue weighted by atomic mass is 9.97. The highest BCUT2D eigenvalue weighted by atomic mass is 32.1. The van der Waals surface area contributed by atoms with E-state index in [1.807, 2.05) is 99.0 Å². The number of aryl methyl sites for hydroxylation is 6. The van der Waals surface area contributed by atoms with Gasteiger partial charge in [-0.1, -0.05) is 34.7 Å². The lowest BCUT2D eigenvalue weighted by Crippen LogP contribution is -2.40. The second-order valence-electron chi connectivity index (χ2n) is 16.7. The summed E-state index contributed by atoms with van der Waals surface area (Å²) in [5.74, 6) is 0.938. The van der Waals surface area contributed by atoms with Gasteiger partial charge in [0.05, 0.1) is 54.4 Å². The van der Waals surface area contributed by atoms with Crippen LogP contribution in [0.15, 0.2) is 69.7 Å². The van der Waals surface area contributed by atoms with Crippen LogP contribution in [-0.2, 0) is 22.6 Å². The van der Waals surface area contributed by atoms with Gasteiger partial charge in [-0.05, 0) is 101 Å². The molecular formula is C50H52N8O7S. The molecule has 4 aromatic carbocycles. The van der Waals surface area contributed by atoms with Crippen molar-refractivity contribution in [2.45, 2.75) is 54.6 Å². The first-order chi connectivity index (χ1) is 31.8. The van der Waals surface area contributed by atoms with Crippen molar-refractivity contribution < 1.29 is 32.9 Å². The Morgan fingerprint density at radius 3 is 1.36 bits per heavy atom. The largest absolute Gasteiger partial charge is 0.389 e. The van der Waals surface area contributed by atoms with E-state index in [0.29, 0.717) is 86.6 Å². The zero-order chi connectivity index (χ0) is 46.6. The number of hydrogen-bond donors (Lipinski definition) is 2. The molecule has 15 nitrogen and oxygen atoms in total. The fourth-order valence-electron chi connectivity index (χ4n) is 9.74. The number of morpholine rings is 2. The molecule has 4 aromatic heterocycles. The number of thiocarbonyl (C=S) groups is 1. The average molecular weight is 909 g/mol. The van der Waals surface area contributed by atoms with E-state index in [9.17, 15) is 14.4 Å². The molecule has 2 saturated heterocycles. The normalized spacial score (nSPS) is 14.3. The highest BCUT2D eigenvalue weighted by Crippen LogP contribution is 2.39. The highest BCUT2D eigenvalue weighted by molar-refractivity contribution is 7.80. The number of nitrogens with two attached hydrogens (primary N) is 2. The minimum absolute atomic E-state index is 0.0142. The molecule has 66 heavy (non-hydrogen) atoms. The van der Waals surface area contributed by atoms with Crippen LogP contribution in [0.3, 0.4) is 0 Å². The first-order valence-electron chi connectivity index (χ1n) is 22.2. The van der Waals surface area contributed by atoms with Gasteiger partial charge in [-0.25, -0.2) is 0 Å². The lowest BCUT2D eigenvalue weighted by molar-refractivity contribution is 0.0301. The molecule has 0 atom stereocenters. The Kier molecular flexibility index (Phi) is 12.0. The van der Waals surface area contributed by atoms with Crippen molar-refractivity contribution in [1.29, 1.82) is 0 Å². The summed E-state index contributed by atoms with van der Waals surface area (Å²) >= 11 is 5.46. The summed E-state index contributed by atoms with van der Waals surface area (Å²) in [6.07, 6.45) is 0. The Hall–Kier alpha value is -6.88. The van der Waals surface area contributed by atoms with Gasteiger partial charge in [-0.3, -0.25) is 14.4 Å². The summed E-state index contributed by atoms with van der Waals surface area (Å²) in [7, 11) is 0. The number of fused-ring (bicyclic) bond motifs is 6. The fourth-order valence-corrected chi connectivity index (χ4v) is 9.90. The summed E-state index contributed by atoms with van der Waals surface area (Å²) in [4.78, 5) is 42.7. The third-order valence-electron chi connectivity index (χ3n) is 12.8. The number of amides is 3. The van der Waals surface area contributed by atoms with Gasteiger partial charge in [-0.2, -0.15) is 0 Å². The molecule has 340 valence electrons. The van der Waals surface area contributed by atoms with Gasteiger partial charge in [0.2, 0.25) is 0 Å². The van der Waals surface area contributed by atoms with E-state index in [1.54, 1.807) is 0 Å². The number of benzene rings is 4. The summed E-state index contributed by atoms with van der Waals surface area (Å²) in [6.45, 7) is 17.6. The van der Waals surface area contributed by atoms with E-state index < -0.39 is 5.91 Å². The third kappa shape index (κ3) is 7.67. The highest BCUT2D eigenvalue weighted by Gasteiger charge is 2.26. The van der Waals surface area contributed by atoms with Crippen molar-refractivity contribution in [1.82, 2.24) is 29.2 Å². The smallest absolute Gasteiger partial charge is 0.254 e. The Labute approximate surface area is 386 Å². The van der Waals surface area contributed by atoms with Crippen LogP contribution in [0.5, 0.6) is 0 Å². The van der Waals surface area contributed by atoms with E-state index in [-0.39, 0.29) is 11.8 Å². The molecule has 0 radical (unpaired) electrons. The van der Waals surface area contributed by atoms with Gasteiger partial charge < -0.3 is 48.9 Å². The van der Waals surface area contributed by atoms with Gasteiger partial charge in [0.1, 0.15) is 16.5 Å². The van der Waals surface area contributed by atoms with Crippen molar-refractivity contribution in [3.8, 4) is 22.3 Å². The average Bonchev–Trinajstić information content (AvgIpc) is 4.06. The maximum atomic E-state index is 13.1. The first kappa shape index (κ1) is 44.3. The number of carbonyl (C=O) groups excluding carboxylic acids is 3. The molecule has 3 amide bonds. The molecule has 8 aromatic rings. The van der Waals surface area contributed by atoms with Crippen LogP contribution >= 0.6 is 12.2 Å². The van der Waals surface area contributed by atoms with E-state index in [4.69, 9.17) is 42.2 Å². The van der Waals surface area contributed by atoms with Gasteiger partial charge in [0, 0.05) is 99.7 Å². The summed E-state index contributed by atoms with van der Waals surface area (Å²) in [5.41, 5.74) is 23.4. The van der Waals surface area contributed by atoms with Gasteiger partial charge in [-0.15, -0.1) is 0 Å². The SMILES string of the molecule is CCn1c2cc(C(=O)N3CCOCC3)ccc2c2cc(-c3c(C)noc3C)cc(C(N)=O)c21.CCn1c2cc(C(=O)N3CCOCC3)ccc2c2cc(-c3c(C)noc3C)cc(C(N)=S)c21. The number of aromatic nitrogens is 4. The standard InChI is InChI=1S/C25H26N4O4.C25H26N4O3S/c1-4-29-21-13-16(25(31)28-7-9-32-10-8-28)5-6-18(21)19-11-17(12-20(23(19)29)24(26)30)22-14(2)27-33-15(22)3;1-4-29-21-13-16(25(30)28-7-9-31-10-8-28)5-6-18(21)19-11-17(12-20(23(19)29)24(26)33)22-14(2)27-32-15(22)3/h5-6,11-13H,4,7-10H2,1-3H3,(H2,26,30);5-6,11-13H,4,7-10H2,1-3H3,(H2,26,33). The molecule has 2 fully saturated rings. The number of ether oxygens (including phenoxy) is 2. The van der Waals surface area contributed by atoms with E-state index >= 15 is 0 Å². The van der Waals surface area contributed by atoms with E-state index in [2.05, 4.69) is 32.4 Å². The molecule has 4 N–H and O–H groups in total. The van der Waals surface area contributed by atoms with Crippen LogP contribution in [0.4, 0.5) is 0 Å². The Morgan fingerprint density at radius 2 is 1.00 bits per heavy atom. The van der Waals surface area contributed by atoms with Crippen LogP contribution in [0.2, 0.25) is 0 Å². The second kappa shape index (κ2) is 17.8. The summed E-state index contributed by atoms with van der Waals surface area (Å²) in [5, 5.41) is 12.1. The zero-order valence-electron chi connectivity index (χ0n) is 37.9. The van der Waals surface area contributed by atoms with Crippen LogP contribution in [0.25, 0.3) is 65.9 Å². The molecule has 2 aliphatic heterocycles. The molecule has 0 bridgehead atoms. The van der Waals surface area contributed by atoms with Gasteiger partial charge in [0.25, 0.3) is 17.7 Å². The topological polar surface area (TPSA) is 190 Å². The molecule has 0 saturated carbocycles. The van der Waals surface area contributed by atoms with Gasteiger partial charge in [0.15, 0.2) is 0 Å². The number of carbonyl (C=O) groups is 3. The Balaban J connectivity index is 0.000000166. The molecule has 6 heterocycles. The molecule has 0 spiro atoms. The minimum Gasteiger partial charge on any atom is -0.389 e. The predicted octanol–water partition coefficient (Wildman–Crippen LogP) is 7.85. The van der Waals surface area contributed by atoms with Crippen molar-refractivity contribution in [2.24, 2.45) is 11.5 Å². The maximum Gasteiger partial charge on any atom is 0.254 e. The van der Waals surface area contributed by atoms with Crippen molar-refractivity contribution in [3.05, 3.63) is 106 Å². The van der Waals surface area contributed by atoms with Crippen molar-refractivity contribution >= 4 is 78.5 Å². The van der Waals surface area contributed by atoms with Crippen LogP contribution in [-0.4, -0.2) is 105 Å². The number of primary amides is 1. The minimum atomic E-state index is -0.504. The number of hydrogen-bond acceptors (Lipinski definition) is 10. The quantitative estimate of drug-likeness (QED) is 0.141. The molecular weight excluding hydrogens is 857 g/mol. The molecule has 0 aliphatic carbocycles.